The molecule has 1 aliphatic rings. The predicted octanol–water partition coefficient (Wildman–Crippen LogP) is 2.92. The normalized spacial score (nSPS) is 14.6. The number of ketones is 1. The Balaban J connectivity index is 1.55. The quantitative estimate of drug-likeness (QED) is 0.795. The highest BCUT2D eigenvalue weighted by Gasteiger charge is 2.11. The van der Waals surface area contributed by atoms with Crippen molar-refractivity contribution in [2.24, 2.45) is 0 Å². The number of ether oxygens (including phenoxy) is 2. The van der Waals surface area contributed by atoms with Gasteiger partial charge in [-0.15, -0.1) is 0 Å². The summed E-state index contributed by atoms with van der Waals surface area (Å²) in [4.78, 5) is 14.2. The van der Waals surface area contributed by atoms with Crippen molar-refractivity contribution in [2.45, 2.75) is 0 Å². The molecule has 3 rings (SSSR count). The fraction of sp³-hybridized carbons (Fsp3) is 0.278. The molecule has 0 N–H and O–H groups in total. The Bertz CT molecular complexity index is 649. The first kappa shape index (κ1) is 15.5. The molecular weight excluding hydrogens is 297 g/mol. The second-order valence-corrected chi connectivity index (χ2v) is 5.31. The van der Waals surface area contributed by atoms with Crippen LogP contribution in [0, 0.1) is 5.82 Å². The van der Waals surface area contributed by atoms with Crippen molar-refractivity contribution in [3.63, 3.8) is 0 Å². The van der Waals surface area contributed by atoms with Crippen molar-refractivity contribution in [3.05, 3.63) is 59.9 Å². The lowest BCUT2D eigenvalue weighted by Crippen LogP contribution is -2.36. The van der Waals surface area contributed by atoms with E-state index in [9.17, 15) is 9.18 Å². The van der Waals surface area contributed by atoms with Crippen molar-refractivity contribution in [1.82, 2.24) is 0 Å². The van der Waals surface area contributed by atoms with Gasteiger partial charge in [-0.3, -0.25) is 4.79 Å². The average molecular weight is 315 g/mol. The number of Topliss-reactive ketones (excluding diaryl/α,β-unsaturated/α-hetero) is 1. The van der Waals surface area contributed by atoms with Crippen molar-refractivity contribution < 1.29 is 18.7 Å². The van der Waals surface area contributed by atoms with Gasteiger partial charge in [-0.05, 0) is 48.5 Å². The zero-order valence-corrected chi connectivity index (χ0v) is 12.7. The second kappa shape index (κ2) is 7.24. The fourth-order valence-corrected chi connectivity index (χ4v) is 2.44. The lowest BCUT2D eigenvalue weighted by molar-refractivity contribution is 0.0921. The minimum absolute atomic E-state index is 0.0669. The molecule has 0 atom stereocenters. The number of hydrogen-bond donors (Lipinski definition) is 0. The average Bonchev–Trinajstić information content (AvgIpc) is 2.61. The van der Waals surface area contributed by atoms with Gasteiger partial charge >= 0.3 is 0 Å². The van der Waals surface area contributed by atoms with Crippen LogP contribution in [0.25, 0.3) is 0 Å². The number of benzene rings is 2. The first-order valence-electron chi connectivity index (χ1n) is 7.57. The van der Waals surface area contributed by atoms with Crippen LogP contribution in [-0.2, 0) is 4.74 Å². The van der Waals surface area contributed by atoms with Crippen molar-refractivity contribution >= 4 is 11.5 Å². The van der Waals surface area contributed by atoms with E-state index >= 15 is 0 Å². The third-order valence-corrected chi connectivity index (χ3v) is 3.75. The van der Waals surface area contributed by atoms with Crippen LogP contribution < -0.4 is 9.64 Å². The van der Waals surface area contributed by atoms with E-state index in [0.717, 1.165) is 32.0 Å². The molecule has 4 nitrogen and oxygen atoms in total. The highest BCUT2D eigenvalue weighted by molar-refractivity contribution is 5.97. The zero-order valence-electron chi connectivity index (χ0n) is 12.7. The van der Waals surface area contributed by atoms with Crippen molar-refractivity contribution in [1.29, 1.82) is 0 Å². The van der Waals surface area contributed by atoms with Crippen molar-refractivity contribution in [2.75, 3.05) is 37.8 Å². The molecule has 1 heterocycles. The molecule has 0 bridgehead atoms. The summed E-state index contributed by atoms with van der Waals surface area (Å²) < 4.78 is 23.7. The van der Waals surface area contributed by atoms with E-state index in [-0.39, 0.29) is 18.2 Å². The summed E-state index contributed by atoms with van der Waals surface area (Å²) in [7, 11) is 0. The molecule has 120 valence electrons. The van der Waals surface area contributed by atoms with E-state index in [1.165, 1.54) is 24.3 Å². The maximum Gasteiger partial charge on any atom is 0.200 e. The molecule has 1 aliphatic heterocycles. The lowest BCUT2D eigenvalue weighted by atomic mass is 10.1. The number of morpholine rings is 1. The van der Waals surface area contributed by atoms with E-state index < -0.39 is 0 Å². The number of nitrogens with zero attached hydrogens (tertiary/aromatic N) is 1. The Morgan fingerprint density at radius 2 is 1.70 bits per heavy atom. The minimum atomic E-state index is -0.360. The summed E-state index contributed by atoms with van der Waals surface area (Å²) in [5.74, 6) is 0.0981. The Kier molecular flexibility index (Phi) is 4.88. The Morgan fingerprint density at radius 3 is 2.35 bits per heavy atom. The number of hydrogen-bond acceptors (Lipinski definition) is 4. The first-order valence-corrected chi connectivity index (χ1v) is 7.57. The summed E-state index contributed by atoms with van der Waals surface area (Å²) in [6.45, 7) is 3.17. The molecule has 2 aromatic rings. The number of halogens is 1. The standard InChI is InChI=1S/C18H18FNO3/c19-15-3-1-14(2-4-15)18(21)13-23-17-7-5-16(6-8-17)20-9-11-22-12-10-20/h1-8H,9-13H2. The van der Waals surface area contributed by atoms with Crippen LogP contribution in [0.3, 0.4) is 0 Å². The third kappa shape index (κ3) is 4.07. The van der Waals surface area contributed by atoms with E-state index in [4.69, 9.17) is 9.47 Å². The van der Waals surface area contributed by atoms with Gasteiger partial charge in [0.1, 0.15) is 11.6 Å². The van der Waals surface area contributed by atoms with Gasteiger partial charge in [0.15, 0.2) is 12.4 Å². The Labute approximate surface area is 134 Å². The number of carbonyl (C=O) groups excluding carboxylic acids is 1. The lowest BCUT2D eigenvalue weighted by Gasteiger charge is -2.28. The summed E-state index contributed by atoms with van der Waals surface area (Å²) in [5, 5.41) is 0. The molecule has 0 radical (unpaired) electrons. The second-order valence-electron chi connectivity index (χ2n) is 5.31. The number of rotatable bonds is 5. The van der Waals surface area contributed by atoms with Crippen LogP contribution in [0.2, 0.25) is 0 Å². The van der Waals surface area contributed by atoms with Gasteiger partial charge in [-0.1, -0.05) is 0 Å². The molecule has 0 amide bonds. The Hall–Kier alpha value is -2.40. The topological polar surface area (TPSA) is 38.8 Å². The van der Waals surface area contributed by atoms with Gasteiger partial charge in [-0.25, -0.2) is 4.39 Å². The smallest absolute Gasteiger partial charge is 0.200 e. The number of carbonyl (C=O) groups is 1. The summed E-state index contributed by atoms with van der Waals surface area (Å²) in [6, 6.07) is 13.1. The Morgan fingerprint density at radius 1 is 1.04 bits per heavy atom. The molecule has 1 saturated heterocycles. The molecule has 5 heteroatoms. The van der Waals surface area contributed by atoms with Gasteiger partial charge in [0, 0.05) is 24.3 Å². The molecule has 0 spiro atoms. The first-order chi connectivity index (χ1) is 11.2. The van der Waals surface area contributed by atoms with Crippen LogP contribution in [0.4, 0.5) is 10.1 Å². The van der Waals surface area contributed by atoms with E-state index in [1.807, 2.05) is 24.3 Å². The molecular formula is C18H18FNO3. The van der Waals surface area contributed by atoms with Crippen LogP contribution in [0.5, 0.6) is 5.75 Å². The van der Waals surface area contributed by atoms with Crippen molar-refractivity contribution in [3.8, 4) is 5.75 Å². The summed E-state index contributed by atoms with van der Waals surface area (Å²) in [5.41, 5.74) is 1.56. The maximum absolute atomic E-state index is 12.8. The highest BCUT2D eigenvalue weighted by Crippen LogP contribution is 2.20. The molecule has 23 heavy (non-hydrogen) atoms. The zero-order chi connectivity index (χ0) is 16.1. The van der Waals surface area contributed by atoms with Gasteiger partial charge in [0.05, 0.1) is 13.2 Å². The van der Waals surface area contributed by atoms with Crippen LogP contribution in [0.15, 0.2) is 48.5 Å². The fourth-order valence-electron chi connectivity index (χ4n) is 2.44. The van der Waals surface area contributed by atoms with Crippen LogP contribution in [-0.4, -0.2) is 38.7 Å². The van der Waals surface area contributed by atoms with E-state index in [1.54, 1.807) is 0 Å². The maximum atomic E-state index is 12.8. The molecule has 2 aromatic carbocycles. The molecule has 0 aliphatic carbocycles. The number of anilines is 1. The van der Waals surface area contributed by atoms with Crippen LogP contribution in [0.1, 0.15) is 10.4 Å². The van der Waals surface area contributed by atoms with Gasteiger partial charge < -0.3 is 14.4 Å². The highest BCUT2D eigenvalue weighted by atomic mass is 19.1. The van der Waals surface area contributed by atoms with Crippen LogP contribution >= 0.6 is 0 Å². The molecule has 0 saturated carbocycles. The minimum Gasteiger partial charge on any atom is -0.485 e. The third-order valence-electron chi connectivity index (χ3n) is 3.75. The SMILES string of the molecule is O=C(COc1ccc(N2CCOCC2)cc1)c1ccc(F)cc1. The summed E-state index contributed by atoms with van der Waals surface area (Å²) in [6.07, 6.45) is 0. The predicted molar refractivity (Wildman–Crippen MR) is 85.7 cm³/mol. The largest absolute Gasteiger partial charge is 0.485 e. The molecule has 1 fully saturated rings. The molecule has 0 unspecified atom stereocenters. The van der Waals surface area contributed by atoms with E-state index in [2.05, 4.69) is 4.90 Å². The monoisotopic (exact) mass is 315 g/mol. The van der Waals surface area contributed by atoms with Gasteiger partial charge in [0.25, 0.3) is 0 Å². The van der Waals surface area contributed by atoms with Gasteiger partial charge in [0.2, 0.25) is 0 Å². The van der Waals surface area contributed by atoms with Gasteiger partial charge in [-0.2, -0.15) is 0 Å². The molecule has 0 aromatic heterocycles. The summed E-state index contributed by atoms with van der Waals surface area (Å²) >= 11 is 0. The van der Waals surface area contributed by atoms with E-state index in [0.29, 0.717) is 11.3 Å².